The third-order valence-electron chi connectivity index (χ3n) is 4.60. The van der Waals surface area contributed by atoms with Crippen LogP contribution in [0.25, 0.3) is 0 Å². The van der Waals surface area contributed by atoms with Crippen LogP contribution >= 0.6 is 0 Å². The van der Waals surface area contributed by atoms with Gasteiger partial charge in [-0.05, 0) is 52.4 Å². The topological polar surface area (TPSA) is 187 Å². The average molecular weight is 444 g/mol. The highest BCUT2D eigenvalue weighted by molar-refractivity contribution is 5.89. The van der Waals surface area contributed by atoms with Gasteiger partial charge in [-0.15, -0.1) is 0 Å². The number of amides is 2. The molecule has 176 valence electrons. The second-order valence-corrected chi connectivity index (χ2v) is 8.53. The molecule has 5 N–H and O–H groups in total. The monoisotopic (exact) mass is 444 g/mol. The number of carbonyl (C=O) groups is 3. The number of hydrogen-bond acceptors (Lipinski definition) is 7. The van der Waals surface area contributed by atoms with Crippen LogP contribution in [0, 0.1) is 21.4 Å². The molecule has 13 heteroatoms. The molecule has 0 unspecified atom stereocenters. The molecule has 0 aromatic carbocycles. The minimum absolute atomic E-state index is 0.120. The number of carbonyl (C=O) groups excluding carboxylic acids is 2. The molecule has 1 saturated heterocycles. The van der Waals surface area contributed by atoms with Crippen LogP contribution < -0.4 is 16.1 Å². The van der Waals surface area contributed by atoms with Gasteiger partial charge in [0.25, 0.3) is 5.96 Å². The Balaban J connectivity index is 2.84. The molecule has 1 heterocycles. The van der Waals surface area contributed by atoms with Crippen LogP contribution in [0.4, 0.5) is 4.79 Å². The lowest BCUT2D eigenvalue weighted by Gasteiger charge is -2.38. The van der Waals surface area contributed by atoms with Crippen LogP contribution in [0.5, 0.6) is 0 Å². The molecule has 0 bridgehead atoms. The van der Waals surface area contributed by atoms with Crippen LogP contribution in [0.15, 0.2) is 0 Å². The Labute approximate surface area is 180 Å². The minimum Gasteiger partial charge on any atom is -0.480 e. The number of piperidine rings is 1. The molecule has 0 aromatic heterocycles. The predicted molar refractivity (Wildman–Crippen MR) is 110 cm³/mol. The smallest absolute Gasteiger partial charge is 0.408 e. The first kappa shape index (κ1) is 25.9. The first-order chi connectivity index (χ1) is 14.3. The van der Waals surface area contributed by atoms with Crippen LogP contribution in [0.2, 0.25) is 0 Å². The van der Waals surface area contributed by atoms with Crippen molar-refractivity contribution in [2.75, 3.05) is 13.1 Å². The zero-order chi connectivity index (χ0) is 23.8. The van der Waals surface area contributed by atoms with E-state index < -0.39 is 46.6 Å². The molecule has 1 rings (SSSR count). The van der Waals surface area contributed by atoms with Gasteiger partial charge in [0.05, 0.1) is 0 Å². The lowest BCUT2D eigenvalue weighted by Crippen LogP contribution is -2.57. The maximum absolute atomic E-state index is 13.1. The Morgan fingerprint density at radius 1 is 1.35 bits per heavy atom. The number of nitrogens with one attached hydrogen (secondary N) is 4. The molecule has 0 saturated carbocycles. The summed E-state index contributed by atoms with van der Waals surface area (Å²) in [6, 6.07) is -2.01. The number of hydrazine groups is 1. The number of guanidine groups is 1. The Bertz CT molecular complexity index is 693. The van der Waals surface area contributed by atoms with E-state index in [4.69, 9.17) is 10.1 Å². The molecule has 31 heavy (non-hydrogen) atoms. The van der Waals surface area contributed by atoms with Gasteiger partial charge < -0.3 is 25.4 Å². The summed E-state index contributed by atoms with van der Waals surface area (Å²) in [5, 5.41) is 31.3. The number of likely N-dealkylation sites (tertiary alicyclic amines) is 1. The van der Waals surface area contributed by atoms with Gasteiger partial charge in [0.1, 0.15) is 17.7 Å². The molecule has 0 aromatic rings. The minimum atomic E-state index is -1.10. The first-order valence-electron chi connectivity index (χ1n) is 10.1. The fraction of sp³-hybridized carbons (Fsp3) is 0.778. The van der Waals surface area contributed by atoms with E-state index in [0.29, 0.717) is 12.8 Å². The Morgan fingerprint density at radius 2 is 2.00 bits per heavy atom. The van der Waals surface area contributed by atoms with Crippen molar-refractivity contribution < 1.29 is 29.3 Å². The van der Waals surface area contributed by atoms with E-state index >= 15 is 0 Å². The van der Waals surface area contributed by atoms with Crippen molar-refractivity contribution in [2.24, 2.45) is 5.92 Å². The van der Waals surface area contributed by atoms with Crippen LogP contribution in [0.1, 0.15) is 53.4 Å². The van der Waals surface area contributed by atoms with E-state index in [0.717, 1.165) is 0 Å². The molecule has 1 aliphatic heterocycles. The zero-order valence-corrected chi connectivity index (χ0v) is 18.3. The summed E-state index contributed by atoms with van der Waals surface area (Å²) in [7, 11) is 0. The summed E-state index contributed by atoms with van der Waals surface area (Å²) in [6.45, 7) is 7.33. The maximum Gasteiger partial charge on any atom is 0.408 e. The van der Waals surface area contributed by atoms with E-state index in [1.54, 1.807) is 26.2 Å². The third kappa shape index (κ3) is 9.49. The van der Waals surface area contributed by atoms with Gasteiger partial charge in [0.2, 0.25) is 5.91 Å². The number of aliphatic carboxylic acids is 1. The van der Waals surface area contributed by atoms with Gasteiger partial charge in [-0.3, -0.25) is 10.2 Å². The molecule has 0 radical (unpaired) electrons. The lowest BCUT2D eigenvalue weighted by molar-refractivity contribution is -0.525. The molecule has 1 fully saturated rings. The SMILES string of the molecule is C[C@H]1CCN(C(=O)[C@H](CCCNC(=N)N[N+](=O)[O-])NC(=O)OC(C)(C)C)[C@H](C(=O)O)C1. The summed E-state index contributed by atoms with van der Waals surface area (Å²) >= 11 is 0. The Morgan fingerprint density at radius 3 is 2.55 bits per heavy atom. The van der Waals surface area contributed by atoms with Crippen molar-refractivity contribution in [3.63, 3.8) is 0 Å². The normalized spacial score (nSPS) is 19.7. The number of alkyl carbamates (subject to hydrolysis) is 1. The van der Waals surface area contributed by atoms with Gasteiger partial charge in [-0.1, -0.05) is 12.3 Å². The maximum atomic E-state index is 13.1. The molecular formula is C18H32N6O7. The van der Waals surface area contributed by atoms with Gasteiger partial charge in [-0.25, -0.2) is 19.7 Å². The molecular weight excluding hydrogens is 412 g/mol. The molecule has 13 nitrogen and oxygen atoms in total. The van der Waals surface area contributed by atoms with E-state index in [-0.39, 0.29) is 31.8 Å². The Hall–Kier alpha value is -3.12. The quantitative estimate of drug-likeness (QED) is 0.118. The van der Waals surface area contributed by atoms with Gasteiger partial charge in [-0.2, -0.15) is 0 Å². The van der Waals surface area contributed by atoms with Crippen molar-refractivity contribution in [3.8, 4) is 0 Å². The number of hydrogen-bond donors (Lipinski definition) is 5. The fourth-order valence-electron chi connectivity index (χ4n) is 3.20. The fourth-order valence-corrected chi connectivity index (χ4v) is 3.20. The van der Waals surface area contributed by atoms with Gasteiger partial charge in [0, 0.05) is 13.1 Å². The second-order valence-electron chi connectivity index (χ2n) is 8.53. The van der Waals surface area contributed by atoms with Crippen LogP contribution in [0.3, 0.4) is 0 Å². The number of carboxylic acids is 1. The highest BCUT2D eigenvalue weighted by atomic mass is 16.7. The molecule has 2 amide bonds. The highest BCUT2D eigenvalue weighted by Crippen LogP contribution is 2.24. The summed E-state index contributed by atoms with van der Waals surface area (Å²) in [4.78, 5) is 48.6. The van der Waals surface area contributed by atoms with Crippen LogP contribution in [-0.2, 0) is 14.3 Å². The number of nitrogens with zero attached hydrogens (tertiary/aromatic N) is 2. The van der Waals surface area contributed by atoms with E-state index in [1.165, 1.54) is 4.90 Å². The van der Waals surface area contributed by atoms with E-state index in [9.17, 15) is 29.6 Å². The summed E-state index contributed by atoms with van der Waals surface area (Å²) < 4.78 is 5.21. The van der Waals surface area contributed by atoms with Crippen molar-refractivity contribution in [1.82, 2.24) is 21.0 Å². The number of ether oxygens (including phenoxy) is 1. The van der Waals surface area contributed by atoms with Gasteiger partial charge in [0.15, 0.2) is 5.03 Å². The summed E-state index contributed by atoms with van der Waals surface area (Å²) in [5.41, 5.74) is 0.865. The van der Waals surface area contributed by atoms with Crippen molar-refractivity contribution in [3.05, 3.63) is 10.1 Å². The second kappa shape index (κ2) is 11.3. The van der Waals surface area contributed by atoms with Crippen molar-refractivity contribution in [2.45, 2.75) is 71.1 Å². The van der Waals surface area contributed by atoms with Gasteiger partial charge >= 0.3 is 12.1 Å². The average Bonchev–Trinajstić information content (AvgIpc) is 2.61. The first-order valence-corrected chi connectivity index (χ1v) is 10.1. The largest absolute Gasteiger partial charge is 0.480 e. The highest BCUT2D eigenvalue weighted by Gasteiger charge is 2.38. The molecule has 0 spiro atoms. The van der Waals surface area contributed by atoms with Crippen LogP contribution in [-0.4, -0.2) is 69.7 Å². The standard InChI is InChI=1S/C18H32N6O7/c1-11-7-9-23(13(10-11)15(26)27)14(25)12(21-17(28)31-18(2,3)4)6-5-8-20-16(19)22-24(29)30/h11-13H,5-10H2,1-4H3,(H,21,28)(H,26,27)(H3,19,20,22)/t11-,12-,13-/m0/s1. The summed E-state index contributed by atoms with van der Waals surface area (Å²) in [6.07, 6.45) is 0.565. The number of nitro groups is 1. The lowest BCUT2D eigenvalue weighted by atomic mass is 9.91. The predicted octanol–water partition coefficient (Wildman–Crippen LogP) is 0.677. The zero-order valence-electron chi connectivity index (χ0n) is 18.3. The Kier molecular flexibility index (Phi) is 9.46. The van der Waals surface area contributed by atoms with E-state index in [2.05, 4.69) is 10.6 Å². The molecule has 1 aliphatic rings. The van der Waals surface area contributed by atoms with E-state index in [1.807, 2.05) is 6.92 Å². The number of rotatable bonds is 8. The molecule has 3 atom stereocenters. The third-order valence-corrected chi connectivity index (χ3v) is 4.60. The van der Waals surface area contributed by atoms with Crippen molar-refractivity contribution >= 4 is 23.9 Å². The summed E-state index contributed by atoms with van der Waals surface area (Å²) in [5.74, 6) is -1.98. The van der Waals surface area contributed by atoms with Crippen molar-refractivity contribution in [1.29, 1.82) is 5.41 Å². The molecule has 0 aliphatic carbocycles. The number of carboxylic acid groups (broad SMARTS) is 1.